The van der Waals surface area contributed by atoms with Gasteiger partial charge in [0.05, 0.1) is 0 Å². The molecule has 0 atom stereocenters. The maximum Gasteiger partial charge on any atom is 0.135 e. The monoisotopic (exact) mass is 746 g/mol. The molecular formula is C56H58O. The van der Waals surface area contributed by atoms with Gasteiger partial charge in [-0.1, -0.05) is 38.1 Å². The quantitative estimate of drug-likeness (QED) is 0.161. The fraction of sp³-hybridized carbons (Fsp3) is 0.321. The first-order valence-electron chi connectivity index (χ1n) is 21.0. The van der Waals surface area contributed by atoms with Crippen molar-refractivity contribution >= 4 is 43.5 Å². The number of furan rings is 1. The third-order valence-corrected chi connectivity index (χ3v) is 15.9. The third kappa shape index (κ3) is 4.58. The van der Waals surface area contributed by atoms with Crippen LogP contribution in [-0.2, 0) is 5.41 Å². The van der Waals surface area contributed by atoms with Crippen molar-refractivity contribution in [3.63, 3.8) is 0 Å². The maximum absolute atomic E-state index is 6.41. The third-order valence-electron chi connectivity index (χ3n) is 15.9. The lowest BCUT2D eigenvalue weighted by Gasteiger charge is -2.30. The van der Waals surface area contributed by atoms with Gasteiger partial charge in [0.2, 0.25) is 0 Å². The number of hydrogen-bond donors (Lipinski definition) is 0. The van der Waals surface area contributed by atoms with Gasteiger partial charge in [0.1, 0.15) is 11.2 Å². The highest BCUT2D eigenvalue weighted by atomic mass is 16.3. The molecule has 0 unspecified atom stereocenters. The second-order valence-corrected chi connectivity index (χ2v) is 18.4. The van der Waals surface area contributed by atoms with E-state index in [4.69, 9.17) is 4.42 Å². The van der Waals surface area contributed by atoms with Crippen molar-refractivity contribution in [2.24, 2.45) is 0 Å². The first-order valence-corrected chi connectivity index (χ1v) is 21.0. The van der Waals surface area contributed by atoms with Crippen LogP contribution in [0.2, 0.25) is 0 Å². The van der Waals surface area contributed by atoms with Crippen LogP contribution in [0, 0.1) is 104 Å². The van der Waals surface area contributed by atoms with Crippen molar-refractivity contribution in [1.82, 2.24) is 0 Å². The van der Waals surface area contributed by atoms with Gasteiger partial charge in [-0.05, 0) is 272 Å². The van der Waals surface area contributed by atoms with Crippen LogP contribution in [-0.4, -0.2) is 0 Å². The second kappa shape index (κ2) is 12.2. The number of benzene rings is 7. The van der Waals surface area contributed by atoms with Gasteiger partial charge in [-0.15, -0.1) is 0 Å². The van der Waals surface area contributed by atoms with Crippen LogP contribution in [0.3, 0.4) is 0 Å². The van der Waals surface area contributed by atoms with Crippen LogP contribution in [0.25, 0.3) is 76.9 Å². The van der Waals surface area contributed by atoms with Gasteiger partial charge in [-0.2, -0.15) is 0 Å². The van der Waals surface area contributed by atoms with E-state index in [0.29, 0.717) is 0 Å². The second-order valence-electron chi connectivity index (χ2n) is 18.4. The normalized spacial score (nSPS) is 13.5. The largest absolute Gasteiger partial charge is 0.456 e. The predicted octanol–water partition coefficient (Wildman–Crippen LogP) is 16.2. The lowest BCUT2D eigenvalue weighted by Crippen LogP contribution is -2.19. The summed E-state index contributed by atoms with van der Waals surface area (Å²) in [6, 6.07) is 15.4. The van der Waals surface area contributed by atoms with Gasteiger partial charge in [0.15, 0.2) is 0 Å². The molecule has 0 fully saturated rings. The Hall–Kier alpha value is -5.14. The van der Waals surface area contributed by atoms with Crippen molar-refractivity contribution in [3.8, 4) is 33.4 Å². The molecule has 288 valence electrons. The SMILES string of the molecule is Cc1c(C)c(C)c2c(c1C)-c1c(-c3c4c(C)c(C)c(C)c(C)c4c(-c4ccc5oc6ccccc6c5c4)c4c(C)c(C)c(C)c(C)c34)c(C)c(C)c(C)c1C2(C)C. The molecule has 9 rings (SSSR count). The summed E-state index contributed by atoms with van der Waals surface area (Å²) in [6.07, 6.45) is 0. The van der Waals surface area contributed by atoms with Crippen LogP contribution >= 0.6 is 0 Å². The Labute approximate surface area is 340 Å². The van der Waals surface area contributed by atoms with E-state index in [-0.39, 0.29) is 5.41 Å². The van der Waals surface area contributed by atoms with Gasteiger partial charge >= 0.3 is 0 Å². The minimum Gasteiger partial charge on any atom is -0.456 e. The molecule has 0 amide bonds. The highest BCUT2D eigenvalue weighted by Gasteiger charge is 2.43. The summed E-state index contributed by atoms with van der Waals surface area (Å²) < 4.78 is 6.41. The van der Waals surface area contributed by atoms with Crippen molar-refractivity contribution < 1.29 is 4.42 Å². The van der Waals surface area contributed by atoms with E-state index < -0.39 is 0 Å². The number of rotatable bonds is 2. The number of aryl methyl sites for hydroxylation is 4. The number of fused-ring (bicyclic) bond motifs is 8. The van der Waals surface area contributed by atoms with Crippen molar-refractivity contribution in [3.05, 3.63) is 137 Å². The van der Waals surface area contributed by atoms with E-state index in [1.807, 2.05) is 0 Å². The van der Waals surface area contributed by atoms with Crippen LogP contribution < -0.4 is 0 Å². The van der Waals surface area contributed by atoms with Crippen molar-refractivity contribution in [1.29, 1.82) is 0 Å². The molecular weight excluding hydrogens is 689 g/mol. The summed E-state index contributed by atoms with van der Waals surface area (Å²) in [5.74, 6) is 0. The minimum absolute atomic E-state index is 0.140. The Morgan fingerprint density at radius 2 is 0.737 bits per heavy atom. The molecule has 1 aromatic heterocycles. The zero-order valence-corrected chi connectivity index (χ0v) is 37.4. The standard InChI is InChI=1S/C56H58O/c1-25-27(3)34(10)47-45(32(25)8)51(40-22-23-44-42(24-40)41-20-18-19-21-43(41)57-44)46-33(9)26(2)28(4)35(11)48(46)52(47)49-36(12)31(7)39(15)55-53(49)50-37(13)29(5)30(6)38(14)54(50)56(55,16)17/h18-24H,1-17H3. The summed E-state index contributed by atoms with van der Waals surface area (Å²) in [6.45, 7) is 40.6. The predicted molar refractivity (Wildman–Crippen MR) is 248 cm³/mol. The molecule has 1 aliphatic rings. The molecule has 0 radical (unpaired) electrons. The Kier molecular flexibility index (Phi) is 8.00. The summed E-state index contributed by atoms with van der Waals surface area (Å²) in [7, 11) is 0. The Morgan fingerprint density at radius 1 is 0.333 bits per heavy atom. The van der Waals surface area contributed by atoms with E-state index in [1.165, 1.54) is 160 Å². The Bertz CT molecular complexity index is 3090. The topological polar surface area (TPSA) is 13.1 Å². The first-order chi connectivity index (χ1) is 26.8. The van der Waals surface area contributed by atoms with Crippen LogP contribution in [0.4, 0.5) is 0 Å². The van der Waals surface area contributed by atoms with E-state index in [9.17, 15) is 0 Å². The van der Waals surface area contributed by atoms with Crippen LogP contribution in [0.5, 0.6) is 0 Å². The number of para-hydroxylation sites is 1. The summed E-state index contributed by atoms with van der Waals surface area (Å²) >= 11 is 0. The van der Waals surface area contributed by atoms with Crippen LogP contribution in [0.1, 0.15) is 108 Å². The molecule has 0 saturated carbocycles. The average molecular weight is 747 g/mol. The maximum atomic E-state index is 6.41. The molecule has 8 aromatic rings. The molecule has 0 aliphatic heterocycles. The number of hydrogen-bond acceptors (Lipinski definition) is 1. The molecule has 0 spiro atoms. The zero-order valence-electron chi connectivity index (χ0n) is 37.4. The highest BCUT2D eigenvalue weighted by Crippen LogP contribution is 2.61. The smallest absolute Gasteiger partial charge is 0.135 e. The molecule has 57 heavy (non-hydrogen) atoms. The van der Waals surface area contributed by atoms with E-state index in [1.54, 1.807) is 0 Å². The van der Waals surface area contributed by atoms with Gasteiger partial charge in [0, 0.05) is 16.2 Å². The fourth-order valence-corrected chi connectivity index (χ4v) is 11.6. The summed E-state index contributed by atoms with van der Waals surface area (Å²) in [5.41, 5.74) is 34.1. The highest BCUT2D eigenvalue weighted by molar-refractivity contribution is 6.27. The van der Waals surface area contributed by atoms with Gasteiger partial charge < -0.3 is 4.42 Å². The molecule has 0 N–H and O–H groups in total. The van der Waals surface area contributed by atoms with Crippen LogP contribution in [0.15, 0.2) is 46.9 Å². The van der Waals surface area contributed by atoms with Crippen molar-refractivity contribution in [2.45, 2.75) is 123 Å². The molecule has 7 aromatic carbocycles. The van der Waals surface area contributed by atoms with Crippen molar-refractivity contribution in [2.75, 3.05) is 0 Å². The molecule has 1 heterocycles. The van der Waals surface area contributed by atoms with Gasteiger partial charge in [0.25, 0.3) is 0 Å². The molecule has 0 saturated heterocycles. The molecule has 1 aliphatic carbocycles. The lowest BCUT2D eigenvalue weighted by atomic mass is 9.73. The Morgan fingerprint density at radius 3 is 1.28 bits per heavy atom. The van der Waals surface area contributed by atoms with E-state index in [2.05, 4.69) is 160 Å². The van der Waals surface area contributed by atoms with Gasteiger partial charge in [-0.25, -0.2) is 0 Å². The van der Waals surface area contributed by atoms with E-state index >= 15 is 0 Å². The first kappa shape index (κ1) is 37.4. The average Bonchev–Trinajstić information content (AvgIpc) is 3.68. The molecule has 0 bridgehead atoms. The van der Waals surface area contributed by atoms with E-state index in [0.717, 1.165) is 11.2 Å². The van der Waals surface area contributed by atoms with Gasteiger partial charge in [-0.3, -0.25) is 0 Å². The summed E-state index contributed by atoms with van der Waals surface area (Å²) in [5, 5.41) is 7.90. The lowest BCUT2D eigenvalue weighted by molar-refractivity contribution is 0.648. The minimum atomic E-state index is -0.140. The Balaban J connectivity index is 1.62. The zero-order chi connectivity index (χ0) is 41.1. The molecule has 1 nitrogen and oxygen atoms in total. The fourth-order valence-electron chi connectivity index (χ4n) is 11.6. The molecule has 1 heteroatoms. The summed E-state index contributed by atoms with van der Waals surface area (Å²) in [4.78, 5) is 0.